The van der Waals surface area contributed by atoms with Gasteiger partial charge in [-0.2, -0.15) is 4.80 Å². The van der Waals surface area contributed by atoms with Crippen molar-refractivity contribution in [1.29, 1.82) is 0 Å². The van der Waals surface area contributed by atoms with Gasteiger partial charge < -0.3 is 10.1 Å². The van der Waals surface area contributed by atoms with Crippen molar-refractivity contribution < 1.29 is 14.3 Å². The average molecular weight is 351 g/mol. The third kappa shape index (κ3) is 4.10. The quantitative estimate of drug-likeness (QED) is 0.683. The predicted octanol–water partition coefficient (Wildman–Crippen LogP) is 2.16. The Morgan fingerprint density at radius 2 is 1.81 bits per heavy atom. The molecule has 1 heterocycles. The number of carbonyl (C=O) groups excluding carboxylic acids is 2. The summed E-state index contributed by atoms with van der Waals surface area (Å²) in [5.41, 5.74) is 1.48. The van der Waals surface area contributed by atoms with E-state index in [0.29, 0.717) is 17.1 Å². The number of anilines is 1. The molecule has 0 spiro atoms. The molecule has 3 rings (SSSR count). The molecule has 3 aromatic rings. The van der Waals surface area contributed by atoms with Gasteiger partial charge in [0.15, 0.2) is 0 Å². The standard InChI is InChI=1S/C18H17N5O3/c1-2-26-18(25)14-10-6-7-11-15(14)19-16(24)12-23-21-17(20-22-23)13-8-4-3-5-9-13/h3-11H,2,12H2,1H3,(H,19,24). The van der Waals surface area contributed by atoms with E-state index in [2.05, 4.69) is 20.7 Å². The van der Waals surface area contributed by atoms with Crippen LogP contribution in [0.15, 0.2) is 54.6 Å². The number of rotatable bonds is 6. The first-order valence-corrected chi connectivity index (χ1v) is 8.06. The molecule has 0 saturated heterocycles. The Bertz CT molecular complexity index is 908. The summed E-state index contributed by atoms with van der Waals surface area (Å²) in [7, 11) is 0. The molecule has 0 bridgehead atoms. The van der Waals surface area contributed by atoms with E-state index in [0.717, 1.165) is 5.56 Å². The van der Waals surface area contributed by atoms with E-state index in [1.165, 1.54) is 4.80 Å². The van der Waals surface area contributed by atoms with E-state index in [9.17, 15) is 9.59 Å². The van der Waals surface area contributed by atoms with Crippen LogP contribution in [0, 0.1) is 0 Å². The third-order valence-corrected chi connectivity index (χ3v) is 3.47. The summed E-state index contributed by atoms with van der Waals surface area (Å²) in [4.78, 5) is 25.4. The number of nitrogens with zero attached hydrogens (tertiary/aromatic N) is 4. The molecule has 8 heteroatoms. The summed E-state index contributed by atoms with van der Waals surface area (Å²) in [5, 5.41) is 14.7. The zero-order chi connectivity index (χ0) is 18.4. The van der Waals surface area contributed by atoms with Gasteiger partial charge in [-0.1, -0.05) is 42.5 Å². The van der Waals surface area contributed by atoms with Gasteiger partial charge in [0.05, 0.1) is 17.9 Å². The van der Waals surface area contributed by atoms with Crippen molar-refractivity contribution >= 4 is 17.6 Å². The normalized spacial score (nSPS) is 10.3. The van der Waals surface area contributed by atoms with Crippen LogP contribution in [0.1, 0.15) is 17.3 Å². The first-order chi connectivity index (χ1) is 12.7. The lowest BCUT2D eigenvalue weighted by atomic mass is 10.2. The summed E-state index contributed by atoms with van der Waals surface area (Å²) in [5.74, 6) is -0.433. The third-order valence-electron chi connectivity index (χ3n) is 3.47. The molecule has 2 aromatic carbocycles. The Hall–Kier alpha value is -3.55. The van der Waals surface area contributed by atoms with Gasteiger partial charge in [-0.05, 0) is 24.3 Å². The van der Waals surface area contributed by atoms with Crippen LogP contribution in [0.3, 0.4) is 0 Å². The average Bonchev–Trinajstić information content (AvgIpc) is 3.11. The van der Waals surface area contributed by atoms with Gasteiger partial charge in [0.1, 0.15) is 6.54 Å². The van der Waals surface area contributed by atoms with Crippen molar-refractivity contribution in [2.24, 2.45) is 0 Å². The number of aromatic nitrogens is 4. The molecule has 0 unspecified atom stereocenters. The molecule has 8 nitrogen and oxygen atoms in total. The zero-order valence-corrected chi connectivity index (χ0v) is 14.1. The van der Waals surface area contributed by atoms with Gasteiger partial charge in [0.25, 0.3) is 0 Å². The van der Waals surface area contributed by atoms with Gasteiger partial charge in [-0.15, -0.1) is 10.2 Å². The van der Waals surface area contributed by atoms with Gasteiger partial charge in [0, 0.05) is 5.56 Å². The molecule has 0 aliphatic rings. The van der Waals surface area contributed by atoms with Crippen LogP contribution in [-0.4, -0.2) is 38.7 Å². The van der Waals surface area contributed by atoms with Crippen LogP contribution < -0.4 is 5.32 Å². The van der Waals surface area contributed by atoms with Crippen molar-refractivity contribution in [2.75, 3.05) is 11.9 Å². The maximum Gasteiger partial charge on any atom is 0.340 e. The minimum atomic E-state index is -0.492. The van der Waals surface area contributed by atoms with Crippen LogP contribution >= 0.6 is 0 Å². The molecular weight excluding hydrogens is 334 g/mol. The van der Waals surface area contributed by atoms with Gasteiger partial charge in [-0.3, -0.25) is 4.79 Å². The Labute approximate surface area is 149 Å². The number of tetrazole rings is 1. The lowest BCUT2D eigenvalue weighted by molar-refractivity contribution is -0.117. The number of para-hydroxylation sites is 1. The number of ether oxygens (including phenoxy) is 1. The van der Waals surface area contributed by atoms with E-state index in [4.69, 9.17) is 4.74 Å². The van der Waals surface area contributed by atoms with Gasteiger partial charge in [-0.25, -0.2) is 4.79 Å². The summed E-state index contributed by atoms with van der Waals surface area (Å²) in [6, 6.07) is 16.0. The van der Waals surface area contributed by atoms with Crippen LogP contribution in [0.4, 0.5) is 5.69 Å². The van der Waals surface area contributed by atoms with Crippen LogP contribution in [0.25, 0.3) is 11.4 Å². The number of hydrogen-bond acceptors (Lipinski definition) is 6. The fraction of sp³-hybridized carbons (Fsp3) is 0.167. The van der Waals surface area contributed by atoms with E-state index < -0.39 is 5.97 Å². The SMILES string of the molecule is CCOC(=O)c1ccccc1NC(=O)Cn1nnc(-c2ccccc2)n1. The van der Waals surface area contributed by atoms with Crippen molar-refractivity contribution in [3.63, 3.8) is 0 Å². The Kier molecular flexibility index (Phi) is 5.33. The molecule has 26 heavy (non-hydrogen) atoms. The van der Waals surface area contributed by atoms with Gasteiger partial charge >= 0.3 is 5.97 Å². The number of carbonyl (C=O) groups is 2. The summed E-state index contributed by atoms with van der Waals surface area (Å²) in [6.45, 7) is 1.85. The van der Waals surface area contributed by atoms with E-state index >= 15 is 0 Å². The fourth-order valence-corrected chi connectivity index (χ4v) is 2.31. The number of nitrogens with one attached hydrogen (secondary N) is 1. The minimum absolute atomic E-state index is 0.128. The number of esters is 1. The number of hydrogen-bond donors (Lipinski definition) is 1. The zero-order valence-electron chi connectivity index (χ0n) is 14.1. The first-order valence-electron chi connectivity index (χ1n) is 8.06. The maximum absolute atomic E-state index is 12.3. The second kappa shape index (κ2) is 8.02. The second-order valence-electron chi connectivity index (χ2n) is 5.32. The van der Waals surface area contributed by atoms with E-state index in [1.54, 1.807) is 31.2 Å². The molecule has 1 amide bonds. The largest absolute Gasteiger partial charge is 0.462 e. The number of amides is 1. The molecule has 0 atom stereocenters. The maximum atomic E-state index is 12.3. The summed E-state index contributed by atoms with van der Waals surface area (Å²) in [6.07, 6.45) is 0. The van der Waals surface area contributed by atoms with E-state index in [-0.39, 0.29) is 19.1 Å². The van der Waals surface area contributed by atoms with E-state index in [1.807, 2.05) is 30.3 Å². The molecule has 1 aromatic heterocycles. The highest BCUT2D eigenvalue weighted by atomic mass is 16.5. The fourth-order valence-electron chi connectivity index (χ4n) is 2.31. The van der Waals surface area contributed by atoms with Crippen molar-refractivity contribution in [3.8, 4) is 11.4 Å². The first kappa shape index (κ1) is 17.3. The molecular formula is C18H17N5O3. The van der Waals surface area contributed by atoms with Gasteiger partial charge in [0.2, 0.25) is 11.7 Å². The number of benzene rings is 2. The lowest BCUT2D eigenvalue weighted by Gasteiger charge is -2.09. The monoisotopic (exact) mass is 351 g/mol. The Balaban J connectivity index is 1.69. The Morgan fingerprint density at radius 3 is 2.58 bits per heavy atom. The summed E-state index contributed by atoms with van der Waals surface area (Å²) >= 11 is 0. The minimum Gasteiger partial charge on any atom is -0.462 e. The molecule has 0 aliphatic heterocycles. The topological polar surface area (TPSA) is 99.0 Å². The molecule has 0 fully saturated rings. The highest BCUT2D eigenvalue weighted by molar-refractivity contribution is 6.01. The van der Waals surface area contributed by atoms with Crippen LogP contribution in [0.5, 0.6) is 0 Å². The summed E-state index contributed by atoms with van der Waals surface area (Å²) < 4.78 is 4.99. The highest BCUT2D eigenvalue weighted by Gasteiger charge is 2.15. The molecule has 132 valence electrons. The highest BCUT2D eigenvalue weighted by Crippen LogP contribution is 2.16. The molecule has 1 N–H and O–H groups in total. The second-order valence-corrected chi connectivity index (χ2v) is 5.32. The van der Waals surface area contributed by atoms with Crippen molar-refractivity contribution in [1.82, 2.24) is 20.2 Å². The van der Waals surface area contributed by atoms with Crippen LogP contribution in [0.2, 0.25) is 0 Å². The predicted molar refractivity (Wildman–Crippen MR) is 94.3 cm³/mol. The smallest absolute Gasteiger partial charge is 0.340 e. The molecule has 0 saturated carbocycles. The van der Waals surface area contributed by atoms with Crippen LogP contribution in [-0.2, 0) is 16.1 Å². The van der Waals surface area contributed by atoms with Crippen molar-refractivity contribution in [2.45, 2.75) is 13.5 Å². The molecule has 0 aliphatic carbocycles. The Morgan fingerprint density at radius 1 is 1.08 bits per heavy atom. The molecule has 0 radical (unpaired) electrons. The lowest BCUT2D eigenvalue weighted by Crippen LogP contribution is -2.22. The van der Waals surface area contributed by atoms with Crippen molar-refractivity contribution in [3.05, 3.63) is 60.2 Å².